The molecule has 7 heteroatoms. The topological polar surface area (TPSA) is 77.4 Å². The molecule has 3 aromatic rings. The first-order valence-electron chi connectivity index (χ1n) is 10.5. The van der Waals surface area contributed by atoms with Crippen LogP contribution in [-0.2, 0) is 21.0 Å². The van der Waals surface area contributed by atoms with Crippen LogP contribution in [0.2, 0.25) is 0 Å². The van der Waals surface area contributed by atoms with Crippen LogP contribution in [0.25, 0.3) is 0 Å². The number of ether oxygens (including phenoxy) is 2. The van der Waals surface area contributed by atoms with Crippen molar-refractivity contribution in [3.8, 4) is 11.5 Å². The number of rotatable bonds is 8. The summed E-state index contributed by atoms with van der Waals surface area (Å²) in [6, 6.07) is 24.0. The molecule has 0 N–H and O–H groups in total. The molecule has 0 aliphatic carbocycles. The minimum absolute atomic E-state index is 0.0766. The van der Waals surface area contributed by atoms with E-state index in [1.54, 1.807) is 31.2 Å². The first kappa shape index (κ1) is 23.5. The highest BCUT2D eigenvalue weighted by Crippen LogP contribution is 2.24. The number of carbonyl (C=O) groups excluding carboxylic acids is 2. The first-order valence-corrected chi connectivity index (χ1v) is 10.5. The van der Waals surface area contributed by atoms with Crippen LogP contribution in [0, 0.1) is 0 Å². The quantitative estimate of drug-likeness (QED) is 0.317. The highest BCUT2D eigenvalue weighted by Gasteiger charge is 2.25. The predicted molar refractivity (Wildman–Crippen MR) is 127 cm³/mol. The lowest BCUT2D eigenvalue weighted by molar-refractivity contribution is -0.117. The third-order valence-corrected chi connectivity index (χ3v) is 4.81. The van der Waals surface area contributed by atoms with Crippen LogP contribution in [-0.4, -0.2) is 24.8 Å². The second kappa shape index (κ2) is 11.5. The van der Waals surface area contributed by atoms with Crippen LogP contribution >= 0.6 is 0 Å². The minimum Gasteiger partial charge on any atom is -0.457 e. The Bertz CT molecular complexity index is 1100. The van der Waals surface area contributed by atoms with Crippen molar-refractivity contribution in [1.29, 1.82) is 0 Å². The van der Waals surface area contributed by atoms with Crippen molar-refractivity contribution in [2.45, 2.75) is 26.9 Å². The second-order valence-electron chi connectivity index (χ2n) is 7.07. The number of anilines is 1. The fraction of sp³-hybridized carbons (Fsp3) is 0.192. The summed E-state index contributed by atoms with van der Waals surface area (Å²) in [5.74, 6) is 1.11. The molecule has 0 fully saturated rings. The Hall–Kier alpha value is -4.13. The van der Waals surface area contributed by atoms with Crippen molar-refractivity contribution in [2.75, 3.05) is 12.0 Å². The van der Waals surface area contributed by atoms with E-state index in [1.165, 1.54) is 7.11 Å². The molecule has 0 aromatic heterocycles. The molecule has 2 amide bonds. The summed E-state index contributed by atoms with van der Waals surface area (Å²) in [4.78, 5) is 31.1. The standard InChI is InChI=1S/C26H26N2O5/c1-4-25(29)28(26(30)31-3)24-13-9-8-10-21(24)18-32-27-19(2)20-14-16-23(17-15-20)33-22-11-6-5-7-12-22/h5-17H,4,18H2,1-3H3/b27-19+. The average Bonchev–Trinajstić information content (AvgIpc) is 2.85. The van der Waals surface area contributed by atoms with Crippen molar-refractivity contribution in [3.63, 3.8) is 0 Å². The summed E-state index contributed by atoms with van der Waals surface area (Å²) in [6.45, 7) is 3.59. The first-order chi connectivity index (χ1) is 16.0. The molecule has 170 valence electrons. The van der Waals surface area contributed by atoms with E-state index < -0.39 is 6.09 Å². The Morgan fingerprint density at radius 2 is 1.52 bits per heavy atom. The van der Waals surface area contributed by atoms with Gasteiger partial charge in [-0.2, -0.15) is 0 Å². The van der Waals surface area contributed by atoms with Crippen LogP contribution in [0.1, 0.15) is 31.4 Å². The van der Waals surface area contributed by atoms with E-state index in [4.69, 9.17) is 14.3 Å². The predicted octanol–water partition coefficient (Wildman–Crippen LogP) is 5.93. The molecular formula is C26H26N2O5. The normalized spacial score (nSPS) is 10.9. The van der Waals surface area contributed by atoms with Gasteiger partial charge < -0.3 is 14.3 Å². The Labute approximate surface area is 193 Å². The fourth-order valence-electron chi connectivity index (χ4n) is 3.08. The molecular weight excluding hydrogens is 420 g/mol. The maximum absolute atomic E-state index is 12.3. The number of benzene rings is 3. The zero-order chi connectivity index (χ0) is 23.6. The highest BCUT2D eigenvalue weighted by atomic mass is 16.6. The lowest BCUT2D eigenvalue weighted by Gasteiger charge is -2.21. The van der Waals surface area contributed by atoms with Gasteiger partial charge in [0.15, 0.2) is 0 Å². The summed E-state index contributed by atoms with van der Waals surface area (Å²) in [5, 5.41) is 4.19. The molecule has 0 atom stereocenters. The van der Waals surface area contributed by atoms with E-state index in [2.05, 4.69) is 5.16 Å². The number of methoxy groups -OCH3 is 1. The molecule has 0 heterocycles. The summed E-state index contributed by atoms with van der Waals surface area (Å²) in [6.07, 6.45) is -0.585. The van der Waals surface area contributed by atoms with Gasteiger partial charge in [-0.25, -0.2) is 9.69 Å². The van der Waals surface area contributed by atoms with E-state index >= 15 is 0 Å². The lowest BCUT2D eigenvalue weighted by Crippen LogP contribution is -2.37. The van der Waals surface area contributed by atoms with Gasteiger partial charge >= 0.3 is 6.09 Å². The molecule has 0 radical (unpaired) electrons. The zero-order valence-corrected chi connectivity index (χ0v) is 18.9. The van der Waals surface area contributed by atoms with Crippen molar-refractivity contribution >= 4 is 23.4 Å². The van der Waals surface area contributed by atoms with Crippen LogP contribution in [0.15, 0.2) is 84.0 Å². The molecule has 0 saturated carbocycles. The van der Waals surface area contributed by atoms with Crippen LogP contribution in [0.5, 0.6) is 11.5 Å². The Kier molecular flexibility index (Phi) is 8.18. The molecule has 33 heavy (non-hydrogen) atoms. The van der Waals surface area contributed by atoms with E-state index in [9.17, 15) is 9.59 Å². The smallest absolute Gasteiger partial charge is 0.420 e. The van der Waals surface area contributed by atoms with Crippen molar-refractivity contribution < 1.29 is 23.9 Å². The molecule has 0 aliphatic heterocycles. The summed E-state index contributed by atoms with van der Waals surface area (Å²) in [5.41, 5.74) is 2.59. The number of hydrogen-bond donors (Lipinski definition) is 0. The minimum atomic E-state index is -0.744. The van der Waals surface area contributed by atoms with E-state index in [1.807, 2.05) is 61.5 Å². The van der Waals surface area contributed by atoms with Gasteiger partial charge in [0, 0.05) is 12.0 Å². The molecule has 3 rings (SSSR count). The van der Waals surface area contributed by atoms with Crippen LogP contribution in [0.3, 0.4) is 0 Å². The van der Waals surface area contributed by atoms with Gasteiger partial charge in [-0.05, 0) is 55.0 Å². The number of carbonyl (C=O) groups is 2. The van der Waals surface area contributed by atoms with Gasteiger partial charge in [0.25, 0.3) is 0 Å². The molecule has 7 nitrogen and oxygen atoms in total. The Morgan fingerprint density at radius 3 is 2.18 bits per heavy atom. The van der Waals surface area contributed by atoms with Gasteiger partial charge in [0.1, 0.15) is 18.1 Å². The van der Waals surface area contributed by atoms with Gasteiger partial charge in [-0.3, -0.25) is 4.79 Å². The number of oxime groups is 1. The lowest BCUT2D eigenvalue weighted by atomic mass is 10.1. The maximum atomic E-state index is 12.3. The number of amides is 2. The van der Waals surface area contributed by atoms with Gasteiger partial charge in [0.2, 0.25) is 5.91 Å². The van der Waals surface area contributed by atoms with Crippen LogP contribution in [0.4, 0.5) is 10.5 Å². The van der Waals surface area contributed by atoms with Gasteiger partial charge in [-0.15, -0.1) is 0 Å². The maximum Gasteiger partial charge on any atom is 0.420 e. The SMILES string of the molecule is CCC(=O)N(C(=O)OC)c1ccccc1CO/N=C(\C)c1ccc(Oc2ccccc2)cc1. The zero-order valence-electron chi connectivity index (χ0n) is 18.9. The third-order valence-electron chi connectivity index (χ3n) is 4.81. The summed E-state index contributed by atoms with van der Waals surface area (Å²) in [7, 11) is 1.24. The molecule has 3 aromatic carbocycles. The number of hydrogen-bond acceptors (Lipinski definition) is 6. The number of para-hydroxylation sites is 2. The highest BCUT2D eigenvalue weighted by molar-refractivity contribution is 6.12. The average molecular weight is 447 g/mol. The third kappa shape index (κ3) is 6.20. The van der Waals surface area contributed by atoms with E-state index in [-0.39, 0.29) is 18.9 Å². The Balaban J connectivity index is 1.68. The van der Waals surface area contributed by atoms with Crippen molar-refractivity contribution in [3.05, 3.63) is 90.0 Å². The van der Waals surface area contributed by atoms with Crippen molar-refractivity contribution in [1.82, 2.24) is 0 Å². The second-order valence-corrected chi connectivity index (χ2v) is 7.07. The monoisotopic (exact) mass is 446 g/mol. The summed E-state index contributed by atoms with van der Waals surface area (Å²) < 4.78 is 10.6. The Morgan fingerprint density at radius 1 is 0.879 bits per heavy atom. The van der Waals surface area contributed by atoms with E-state index in [0.29, 0.717) is 17.0 Å². The number of imide groups is 1. The van der Waals surface area contributed by atoms with Gasteiger partial charge in [0.05, 0.1) is 18.5 Å². The molecule has 0 unspecified atom stereocenters. The van der Waals surface area contributed by atoms with Crippen LogP contribution < -0.4 is 9.64 Å². The molecule has 0 aliphatic rings. The van der Waals surface area contributed by atoms with E-state index in [0.717, 1.165) is 22.0 Å². The number of nitrogens with zero attached hydrogens (tertiary/aromatic N) is 2. The molecule has 0 spiro atoms. The van der Waals surface area contributed by atoms with Crippen molar-refractivity contribution in [2.24, 2.45) is 5.16 Å². The molecule has 0 saturated heterocycles. The largest absolute Gasteiger partial charge is 0.457 e. The van der Waals surface area contributed by atoms with Gasteiger partial charge in [-0.1, -0.05) is 48.5 Å². The summed E-state index contributed by atoms with van der Waals surface area (Å²) >= 11 is 0. The fourth-order valence-corrected chi connectivity index (χ4v) is 3.08. The molecule has 0 bridgehead atoms.